The summed E-state index contributed by atoms with van der Waals surface area (Å²) in [5.74, 6) is 0.655. The summed E-state index contributed by atoms with van der Waals surface area (Å²) in [6.45, 7) is 3.95. The highest BCUT2D eigenvalue weighted by Gasteiger charge is 2.28. The molecule has 9 nitrogen and oxygen atoms in total. The zero-order valence-electron chi connectivity index (χ0n) is 19.8. The van der Waals surface area contributed by atoms with Crippen molar-refractivity contribution in [3.63, 3.8) is 0 Å². The van der Waals surface area contributed by atoms with Crippen LogP contribution in [0.5, 0.6) is 0 Å². The molecule has 3 amide bonds. The predicted molar refractivity (Wildman–Crippen MR) is 148 cm³/mol. The Hall–Kier alpha value is -2.79. The van der Waals surface area contributed by atoms with Crippen molar-refractivity contribution >= 4 is 70.0 Å². The molecule has 1 aliphatic rings. The zero-order chi connectivity index (χ0) is 26.4. The standard InChI is InChI=1S/C24H24Cl3N7O2S/c1-15-13-33(7-8-34(15)24(36)30-17-4-5-18(25)19(26)9-17)21-10-20(27)31-23(32-21)37-14-22(35)29-12-16-3-2-6-28-11-16/h2-6,9-11,15H,7-8,12-14H2,1H3,(H,29,35)(H,30,36). The molecule has 2 aromatic heterocycles. The lowest BCUT2D eigenvalue weighted by atomic mass is 10.2. The van der Waals surface area contributed by atoms with Gasteiger partial charge in [0.1, 0.15) is 11.0 Å². The minimum absolute atomic E-state index is 0.0976. The van der Waals surface area contributed by atoms with Gasteiger partial charge in [0, 0.05) is 56.4 Å². The van der Waals surface area contributed by atoms with Crippen molar-refractivity contribution in [2.75, 3.05) is 35.6 Å². The van der Waals surface area contributed by atoms with Crippen molar-refractivity contribution in [2.45, 2.75) is 24.7 Å². The number of amides is 3. The minimum Gasteiger partial charge on any atom is -0.353 e. The van der Waals surface area contributed by atoms with Crippen molar-refractivity contribution in [3.05, 3.63) is 69.6 Å². The third-order valence-corrected chi connectivity index (χ3v) is 7.37. The average molecular weight is 581 g/mol. The van der Waals surface area contributed by atoms with E-state index in [9.17, 15) is 9.59 Å². The Morgan fingerprint density at radius 2 is 1.95 bits per heavy atom. The van der Waals surface area contributed by atoms with Gasteiger partial charge in [-0.2, -0.15) is 0 Å². The van der Waals surface area contributed by atoms with E-state index in [0.717, 1.165) is 5.56 Å². The fourth-order valence-electron chi connectivity index (χ4n) is 3.73. The molecule has 1 aromatic carbocycles. The predicted octanol–water partition coefficient (Wildman–Crippen LogP) is 4.98. The molecule has 1 saturated heterocycles. The second kappa shape index (κ2) is 12.6. The van der Waals surface area contributed by atoms with Crippen molar-refractivity contribution in [1.82, 2.24) is 25.2 Å². The fourth-order valence-corrected chi connectivity index (χ4v) is 4.94. The molecule has 1 fully saturated rings. The first kappa shape index (κ1) is 27.3. The molecule has 3 heterocycles. The van der Waals surface area contributed by atoms with Gasteiger partial charge in [-0.05, 0) is 36.8 Å². The molecule has 1 atom stereocenters. The van der Waals surface area contributed by atoms with Crippen LogP contribution in [0, 0.1) is 0 Å². The number of rotatable bonds is 7. The number of pyridine rings is 1. The first-order valence-electron chi connectivity index (χ1n) is 11.4. The van der Waals surface area contributed by atoms with Crippen LogP contribution < -0.4 is 15.5 Å². The van der Waals surface area contributed by atoms with E-state index in [0.29, 0.717) is 52.9 Å². The van der Waals surface area contributed by atoms with Crippen molar-refractivity contribution in [2.24, 2.45) is 0 Å². The highest BCUT2D eigenvalue weighted by Crippen LogP contribution is 2.27. The third-order valence-electron chi connectivity index (χ3n) is 5.59. The number of piperazine rings is 1. The van der Waals surface area contributed by atoms with Crippen LogP contribution in [0.2, 0.25) is 15.2 Å². The van der Waals surface area contributed by atoms with Crippen LogP contribution in [0.15, 0.2) is 53.9 Å². The number of nitrogens with one attached hydrogen (secondary N) is 2. The Morgan fingerprint density at radius 1 is 1.11 bits per heavy atom. The lowest BCUT2D eigenvalue weighted by Gasteiger charge is -2.40. The van der Waals surface area contributed by atoms with Gasteiger partial charge in [-0.3, -0.25) is 9.78 Å². The summed E-state index contributed by atoms with van der Waals surface area (Å²) in [6.07, 6.45) is 3.39. The summed E-state index contributed by atoms with van der Waals surface area (Å²) in [6, 6.07) is 10.0. The average Bonchev–Trinajstić information content (AvgIpc) is 2.88. The summed E-state index contributed by atoms with van der Waals surface area (Å²) in [4.78, 5) is 41.8. The minimum atomic E-state index is -0.222. The molecule has 0 bridgehead atoms. The Kier molecular flexibility index (Phi) is 9.31. The number of thioether (sulfide) groups is 1. The summed E-state index contributed by atoms with van der Waals surface area (Å²) in [5, 5.41) is 7.21. The topological polar surface area (TPSA) is 103 Å². The number of carbonyl (C=O) groups excluding carboxylic acids is 2. The van der Waals surface area contributed by atoms with Crippen LogP contribution in [0.4, 0.5) is 16.3 Å². The molecule has 37 heavy (non-hydrogen) atoms. The number of aromatic nitrogens is 3. The number of hydrogen-bond acceptors (Lipinski definition) is 7. The second-order valence-corrected chi connectivity index (χ2v) is 10.4. The van der Waals surface area contributed by atoms with Gasteiger partial charge in [-0.25, -0.2) is 14.8 Å². The number of hydrogen-bond donors (Lipinski definition) is 2. The van der Waals surface area contributed by atoms with Crippen LogP contribution in [0.25, 0.3) is 0 Å². The van der Waals surface area contributed by atoms with Gasteiger partial charge in [-0.15, -0.1) is 0 Å². The van der Waals surface area contributed by atoms with E-state index >= 15 is 0 Å². The van der Waals surface area contributed by atoms with Gasteiger partial charge in [-0.1, -0.05) is 52.6 Å². The van der Waals surface area contributed by atoms with Crippen molar-refractivity contribution in [3.8, 4) is 0 Å². The van der Waals surface area contributed by atoms with Crippen molar-refractivity contribution in [1.29, 1.82) is 0 Å². The molecule has 194 valence electrons. The molecule has 0 aliphatic carbocycles. The van der Waals surface area contributed by atoms with Crippen molar-refractivity contribution < 1.29 is 9.59 Å². The lowest BCUT2D eigenvalue weighted by Crippen LogP contribution is -2.55. The Bertz CT molecular complexity index is 1270. The fraction of sp³-hybridized carbons (Fsp3) is 0.292. The summed E-state index contributed by atoms with van der Waals surface area (Å²) in [5.41, 5.74) is 1.49. The Balaban J connectivity index is 1.31. The first-order valence-corrected chi connectivity index (χ1v) is 13.5. The highest BCUT2D eigenvalue weighted by molar-refractivity contribution is 7.99. The van der Waals surface area contributed by atoms with Gasteiger partial charge < -0.3 is 20.4 Å². The van der Waals surface area contributed by atoms with Gasteiger partial charge in [0.2, 0.25) is 5.91 Å². The van der Waals surface area contributed by atoms with E-state index in [4.69, 9.17) is 34.8 Å². The monoisotopic (exact) mass is 579 g/mol. The lowest BCUT2D eigenvalue weighted by molar-refractivity contribution is -0.118. The van der Waals surface area contributed by atoms with Crippen LogP contribution in [-0.2, 0) is 11.3 Å². The quantitative estimate of drug-likeness (QED) is 0.231. The highest BCUT2D eigenvalue weighted by atomic mass is 35.5. The SMILES string of the molecule is CC1CN(c2cc(Cl)nc(SCC(=O)NCc3cccnc3)n2)CCN1C(=O)Nc1ccc(Cl)c(Cl)c1. The van der Waals surface area contributed by atoms with E-state index in [1.54, 1.807) is 41.6 Å². The maximum Gasteiger partial charge on any atom is 0.322 e. The van der Waals surface area contributed by atoms with Gasteiger partial charge >= 0.3 is 6.03 Å². The number of benzene rings is 1. The Labute approximate surface area is 233 Å². The number of anilines is 2. The maximum atomic E-state index is 12.8. The van der Waals surface area contributed by atoms with Crippen LogP contribution >= 0.6 is 46.6 Å². The molecule has 0 saturated carbocycles. The molecule has 3 aromatic rings. The van der Waals surface area contributed by atoms with E-state index in [2.05, 4.69) is 25.6 Å². The molecular formula is C24H24Cl3N7O2S. The molecule has 1 unspecified atom stereocenters. The second-order valence-electron chi connectivity index (χ2n) is 8.31. The van der Waals surface area contributed by atoms with E-state index in [-0.39, 0.29) is 28.9 Å². The molecule has 4 rings (SSSR count). The number of nitrogens with zero attached hydrogens (tertiary/aromatic N) is 5. The third kappa shape index (κ3) is 7.61. The van der Waals surface area contributed by atoms with Crippen LogP contribution in [0.3, 0.4) is 0 Å². The van der Waals surface area contributed by atoms with E-state index in [1.165, 1.54) is 11.8 Å². The normalized spacial score (nSPS) is 15.4. The van der Waals surface area contributed by atoms with E-state index < -0.39 is 0 Å². The number of urea groups is 1. The number of halogens is 3. The zero-order valence-corrected chi connectivity index (χ0v) is 22.9. The van der Waals surface area contributed by atoms with E-state index in [1.807, 2.05) is 24.0 Å². The molecule has 0 radical (unpaired) electrons. The summed E-state index contributed by atoms with van der Waals surface area (Å²) >= 11 is 19.5. The first-order chi connectivity index (χ1) is 17.8. The molecule has 1 aliphatic heterocycles. The number of carbonyl (C=O) groups is 2. The van der Waals surface area contributed by atoms with Gasteiger partial charge in [0.05, 0.1) is 15.8 Å². The smallest absolute Gasteiger partial charge is 0.322 e. The summed E-state index contributed by atoms with van der Waals surface area (Å²) in [7, 11) is 0. The van der Waals surface area contributed by atoms with Crippen LogP contribution in [-0.4, -0.2) is 63.2 Å². The van der Waals surface area contributed by atoms with Gasteiger partial charge in [0.25, 0.3) is 0 Å². The molecule has 13 heteroatoms. The Morgan fingerprint density at radius 3 is 2.68 bits per heavy atom. The molecule has 2 N–H and O–H groups in total. The maximum absolute atomic E-state index is 12.8. The molecular weight excluding hydrogens is 557 g/mol. The van der Waals surface area contributed by atoms with Crippen LogP contribution in [0.1, 0.15) is 12.5 Å². The largest absolute Gasteiger partial charge is 0.353 e. The van der Waals surface area contributed by atoms with Gasteiger partial charge in [0.15, 0.2) is 5.16 Å². The summed E-state index contributed by atoms with van der Waals surface area (Å²) < 4.78 is 0. The molecule has 0 spiro atoms.